The molecule has 4 heteroatoms. The van der Waals surface area contributed by atoms with Gasteiger partial charge in [0.05, 0.1) is 6.04 Å². The molecule has 0 unspecified atom stereocenters. The molecule has 0 heterocycles. The maximum atomic E-state index is 11.3. The molecule has 0 aromatic heterocycles. The van der Waals surface area contributed by atoms with Gasteiger partial charge in [0.1, 0.15) is 6.10 Å². The molecule has 0 radical (unpaired) electrons. The summed E-state index contributed by atoms with van der Waals surface area (Å²) < 4.78 is 5.31. The highest BCUT2D eigenvalue weighted by Gasteiger charge is 2.32. The van der Waals surface area contributed by atoms with Crippen molar-refractivity contribution < 1.29 is 14.3 Å². The summed E-state index contributed by atoms with van der Waals surface area (Å²) in [6, 6.07) is 7.70. The van der Waals surface area contributed by atoms with Crippen LogP contribution in [0.2, 0.25) is 0 Å². The molecule has 0 saturated carbocycles. The Labute approximate surface area is 106 Å². The number of carbonyl (C=O) groups is 2. The molecular weight excluding hydrogens is 230 g/mol. The van der Waals surface area contributed by atoms with E-state index in [-0.39, 0.29) is 24.0 Å². The molecule has 2 atom stereocenters. The average molecular weight is 247 g/mol. The quantitative estimate of drug-likeness (QED) is 0.810. The fraction of sp³-hybridized carbons (Fsp3) is 0.429. The average Bonchev–Trinajstić information content (AvgIpc) is 2.31. The smallest absolute Gasteiger partial charge is 0.302 e. The largest absolute Gasteiger partial charge is 0.460 e. The van der Waals surface area contributed by atoms with Gasteiger partial charge in [-0.2, -0.15) is 0 Å². The fourth-order valence-electron chi connectivity index (χ4n) is 2.46. The van der Waals surface area contributed by atoms with Crippen LogP contribution in [0.25, 0.3) is 0 Å². The SMILES string of the molecule is CC(=O)N[C@H]1c2ccccc2CC[C@H]1OC(C)=O. The van der Waals surface area contributed by atoms with E-state index >= 15 is 0 Å². The maximum Gasteiger partial charge on any atom is 0.302 e. The molecular formula is C14H17NO3. The van der Waals surface area contributed by atoms with Gasteiger partial charge in [0.2, 0.25) is 5.91 Å². The number of hydrogen-bond donors (Lipinski definition) is 1. The van der Waals surface area contributed by atoms with Crippen molar-refractivity contribution in [2.24, 2.45) is 0 Å². The Kier molecular flexibility index (Phi) is 3.65. The van der Waals surface area contributed by atoms with Gasteiger partial charge in [-0.05, 0) is 24.0 Å². The molecule has 1 aromatic rings. The zero-order valence-corrected chi connectivity index (χ0v) is 10.6. The molecule has 0 fully saturated rings. The summed E-state index contributed by atoms with van der Waals surface area (Å²) in [5, 5.41) is 2.88. The van der Waals surface area contributed by atoms with Crippen LogP contribution in [0.4, 0.5) is 0 Å². The van der Waals surface area contributed by atoms with Gasteiger partial charge in [-0.1, -0.05) is 24.3 Å². The zero-order chi connectivity index (χ0) is 13.1. The first-order valence-corrected chi connectivity index (χ1v) is 6.10. The van der Waals surface area contributed by atoms with Gasteiger partial charge >= 0.3 is 5.97 Å². The Morgan fingerprint density at radius 3 is 2.67 bits per heavy atom. The van der Waals surface area contributed by atoms with E-state index in [4.69, 9.17) is 4.74 Å². The van der Waals surface area contributed by atoms with E-state index in [9.17, 15) is 9.59 Å². The summed E-state index contributed by atoms with van der Waals surface area (Å²) in [5.41, 5.74) is 2.25. The van der Waals surface area contributed by atoms with Crippen LogP contribution in [0.1, 0.15) is 37.4 Å². The number of hydrogen-bond acceptors (Lipinski definition) is 3. The number of fused-ring (bicyclic) bond motifs is 1. The Hall–Kier alpha value is -1.84. The summed E-state index contributed by atoms with van der Waals surface area (Å²) in [6.07, 6.45) is 1.33. The summed E-state index contributed by atoms with van der Waals surface area (Å²) >= 11 is 0. The highest BCUT2D eigenvalue weighted by molar-refractivity contribution is 5.74. The molecule has 0 saturated heterocycles. The molecule has 96 valence electrons. The zero-order valence-electron chi connectivity index (χ0n) is 10.6. The van der Waals surface area contributed by atoms with E-state index in [2.05, 4.69) is 5.32 Å². The first-order chi connectivity index (χ1) is 8.58. The molecule has 1 aliphatic carbocycles. The van der Waals surface area contributed by atoms with Gasteiger partial charge in [-0.15, -0.1) is 0 Å². The first kappa shape index (κ1) is 12.6. The molecule has 1 N–H and O–H groups in total. The van der Waals surface area contributed by atoms with E-state index in [1.54, 1.807) is 0 Å². The lowest BCUT2D eigenvalue weighted by Crippen LogP contribution is -2.40. The van der Waals surface area contributed by atoms with Crippen LogP contribution in [0.3, 0.4) is 0 Å². The highest BCUT2D eigenvalue weighted by Crippen LogP contribution is 2.31. The second-order valence-electron chi connectivity index (χ2n) is 4.56. The van der Waals surface area contributed by atoms with Crippen molar-refractivity contribution in [1.82, 2.24) is 5.32 Å². The minimum Gasteiger partial charge on any atom is -0.460 e. The number of nitrogens with one attached hydrogen (secondary N) is 1. The first-order valence-electron chi connectivity index (χ1n) is 6.10. The van der Waals surface area contributed by atoms with Crippen molar-refractivity contribution in [1.29, 1.82) is 0 Å². The molecule has 18 heavy (non-hydrogen) atoms. The third-order valence-electron chi connectivity index (χ3n) is 3.14. The van der Waals surface area contributed by atoms with E-state index in [0.717, 1.165) is 18.4 Å². The second-order valence-corrected chi connectivity index (χ2v) is 4.56. The van der Waals surface area contributed by atoms with Crippen molar-refractivity contribution in [3.63, 3.8) is 0 Å². The lowest BCUT2D eigenvalue weighted by atomic mass is 9.85. The maximum absolute atomic E-state index is 11.3. The van der Waals surface area contributed by atoms with Crippen LogP contribution in [0, 0.1) is 0 Å². The van der Waals surface area contributed by atoms with Crippen molar-refractivity contribution in [3.05, 3.63) is 35.4 Å². The van der Waals surface area contributed by atoms with Gasteiger partial charge in [0, 0.05) is 13.8 Å². The van der Waals surface area contributed by atoms with Crippen molar-refractivity contribution in [3.8, 4) is 0 Å². The lowest BCUT2D eigenvalue weighted by molar-refractivity contribution is -0.149. The molecule has 2 rings (SSSR count). The van der Waals surface area contributed by atoms with E-state index in [1.165, 1.54) is 19.4 Å². The highest BCUT2D eigenvalue weighted by atomic mass is 16.5. The van der Waals surface area contributed by atoms with Crippen molar-refractivity contribution >= 4 is 11.9 Å². The summed E-state index contributed by atoms with van der Waals surface area (Å²) in [6.45, 7) is 2.87. The van der Waals surface area contributed by atoms with Gasteiger partial charge < -0.3 is 10.1 Å². The molecule has 1 aliphatic rings. The number of benzene rings is 1. The topological polar surface area (TPSA) is 55.4 Å². The normalized spacial score (nSPS) is 21.9. The number of amides is 1. The summed E-state index contributed by atoms with van der Waals surface area (Å²) in [7, 11) is 0. The van der Waals surface area contributed by atoms with E-state index in [1.807, 2.05) is 24.3 Å². The number of esters is 1. The summed E-state index contributed by atoms with van der Waals surface area (Å²) in [5.74, 6) is -0.427. The van der Waals surface area contributed by atoms with Crippen LogP contribution in [0.5, 0.6) is 0 Å². The fourth-order valence-corrected chi connectivity index (χ4v) is 2.46. The molecule has 0 spiro atoms. The Balaban J connectivity index is 2.30. The minimum atomic E-state index is -0.310. The monoisotopic (exact) mass is 247 g/mol. The molecule has 4 nitrogen and oxygen atoms in total. The van der Waals surface area contributed by atoms with Gasteiger partial charge in [-0.25, -0.2) is 0 Å². The van der Waals surface area contributed by atoms with Crippen LogP contribution in [-0.2, 0) is 20.7 Å². The van der Waals surface area contributed by atoms with Crippen molar-refractivity contribution in [2.45, 2.75) is 38.8 Å². The number of aryl methyl sites for hydroxylation is 1. The molecule has 1 amide bonds. The number of rotatable bonds is 2. The van der Waals surface area contributed by atoms with Crippen LogP contribution in [-0.4, -0.2) is 18.0 Å². The van der Waals surface area contributed by atoms with E-state index in [0.29, 0.717) is 0 Å². The Morgan fingerprint density at radius 1 is 1.28 bits per heavy atom. The second kappa shape index (κ2) is 5.21. The van der Waals surface area contributed by atoms with Gasteiger partial charge in [0.25, 0.3) is 0 Å². The predicted molar refractivity (Wildman–Crippen MR) is 66.9 cm³/mol. The minimum absolute atomic E-state index is 0.117. The standard InChI is InChI=1S/C14H17NO3/c1-9(16)15-14-12-6-4-3-5-11(12)7-8-13(14)18-10(2)17/h3-6,13-14H,7-8H2,1-2H3,(H,15,16)/t13-,14+/m1/s1. The van der Waals surface area contributed by atoms with Crippen LogP contribution >= 0.6 is 0 Å². The Bertz CT molecular complexity index is 470. The van der Waals surface area contributed by atoms with Gasteiger partial charge in [-0.3, -0.25) is 9.59 Å². The molecule has 0 bridgehead atoms. The lowest BCUT2D eigenvalue weighted by Gasteiger charge is -2.33. The van der Waals surface area contributed by atoms with Crippen LogP contribution in [0.15, 0.2) is 24.3 Å². The Morgan fingerprint density at radius 2 is 2.00 bits per heavy atom. The van der Waals surface area contributed by atoms with E-state index < -0.39 is 0 Å². The number of carbonyl (C=O) groups excluding carboxylic acids is 2. The summed E-state index contributed by atoms with van der Waals surface area (Å²) in [4.78, 5) is 22.4. The van der Waals surface area contributed by atoms with Crippen molar-refractivity contribution in [2.75, 3.05) is 0 Å². The number of ether oxygens (including phenoxy) is 1. The van der Waals surface area contributed by atoms with Gasteiger partial charge in [0.15, 0.2) is 0 Å². The molecule has 1 aromatic carbocycles. The predicted octanol–water partition coefficient (Wildman–Crippen LogP) is 1.74. The third kappa shape index (κ3) is 2.70. The molecule has 0 aliphatic heterocycles. The van der Waals surface area contributed by atoms with Crippen LogP contribution < -0.4 is 5.32 Å². The third-order valence-corrected chi connectivity index (χ3v) is 3.14.